The molecule has 1 atom stereocenters. The summed E-state index contributed by atoms with van der Waals surface area (Å²) in [7, 11) is 0. The third-order valence-electron chi connectivity index (χ3n) is 1.39. The van der Waals surface area contributed by atoms with Crippen LogP contribution in [0.25, 0.3) is 0 Å². The lowest BCUT2D eigenvalue weighted by molar-refractivity contribution is 0.120. The van der Waals surface area contributed by atoms with Gasteiger partial charge >= 0.3 is 12.1 Å². The number of primary amides is 1. The molecule has 3 N–H and O–H groups in total. The maximum Gasteiger partial charge on any atom is 0.410 e. The van der Waals surface area contributed by atoms with Crippen LogP contribution in [0, 0.1) is 0 Å². The Hall–Kier alpha value is -1.89. The topological polar surface area (TPSA) is 108 Å². The molecule has 0 aromatic carbocycles. The van der Waals surface area contributed by atoms with Gasteiger partial charge in [0.2, 0.25) is 0 Å². The van der Waals surface area contributed by atoms with Crippen molar-refractivity contribution >= 4 is 6.09 Å². The number of aliphatic hydroxyl groups excluding tert-OH is 1. The second kappa shape index (κ2) is 5.11. The summed E-state index contributed by atoms with van der Waals surface area (Å²) in [5.74, 6) is 0.131. The predicted octanol–water partition coefficient (Wildman–Crippen LogP) is -0.306. The summed E-state index contributed by atoms with van der Waals surface area (Å²) in [5, 5.41) is 8.70. The summed E-state index contributed by atoms with van der Waals surface area (Å²) in [4.78, 5) is 17.8. The maximum atomic E-state index is 10.4. The smallest absolute Gasteiger partial charge is 0.410 e. The number of carbonyl (C=O) groups is 1. The summed E-state index contributed by atoms with van der Waals surface area (Å²) in [5.41, 5.74) is 4.78. The molecule has 0 unspecified atom stereocenters. The van der Waals surface area contributed by atoms with Gasteiger partial charge in [-0.1, -0.05) is 0 Å². The van der Waals surface area contributed by atoms with Gasteiger partial charge in [0.05, 0.1) is 19.0 Å². The molecule has 1 aromatic rings. The fourth-order valence-corrected chi connectivity index (χ4v) is 0.751. The molecule has 0 aliphatic carbocycles. The van der Waals surface area contributed by atoms with Gasteiger partial charge in [-0.2, -0.15) is 9.97 Å². The number of aromatic nitrogens is 2. The molecule has 1 rings (SSSR count). The van der Waals surface area contributed by atoms with E-state index in [0.717, 1.165) is 0 Å². The number of hydrogen-bond acceptors (Lipinski definition) is 6. The highest BCUT2D eigenvalue weighted by Gasteiger charge is 2.05. The van der Waals surface area contributed by atoms with Gasteiger partial charge in [-0.15, -0.1) is 0 Å². The van der Waals surface area contributed by atoms with E-state index < -0.39 is 12.2 Å². The summed E-state index contributed by atoms with van der Waals surface area (Å²) >= 11 is 0. The molecule has 1 amide bonds. The van der Waals surface area contributed by atoms with Crippen LogP contribution in [0.4, 0.5) is 4.79 Å². The van der Waals surface area contributed by atoms with Gasteiger partial charge in [0.1, 0.15) is 6.10 Å². The van der Waals surface area contributed by atoms with Crippen LogP contribution >= 0.6 is 0 Å². The lowest BCUT2D eigenvalue weighted by Gasteiger charge is -2.09. The van der Waals surface area contributed by atoms with Crippen molar-refractivity contribution < 1.29 is 19.4 Å². The molecule has 0 aliphatic rings. The number of hydrogen-bond donors (Lipinski definition) is 2. The predicted molar refractivity (Wildman–Crippen MR) is 49.4 cm³/mol. The van der Waals surface area contributed by atoms with Crippen molar-refractivity contribution in [1.82, 2.24) is 9.97 Å². The number of amides is 1. The van der Waals surface area contributed by atoms with Crippen molar-refractivity contribution in [3.8, 4) is 11.8 Å². The second-order valence-corrected chi connectivity index (χ2v) is 2.73. The Morgan fingerprint density at radius 3 is 2.67 bits per heavy atom. The van der Waals surface area contributed by atoms with Crippen molar-refractivity contribution in [3.05, 3.63) is 12.4 Å². The summed E-state index contributed by atoms with van der Waals surface area (Å²) in [6, 6.07) is 0.0911. The third kappa shape index (κ3) is 3.77. The van der Waals surface area contributed by atoms with Crippen molar-refractivity contribution in [3.63, 3.8) is 0 Å². The Morgan fingerprint density at radius 1 is 1.60 bits per heavy atom. The molecular formula is C8H11N3O4. The molecule has 0 fully saturated rings. The van der Waals surface area contributed by atoms with Crippen LogP contribution < -0.4 is 15.2 Å². The monoisotopic (exact) mass is 213 g/mol. The third-order valence-corrected chi connectivity index (χ3v) is 1.39. The molecule has 0 radical (unpaired) electrons. The minimum Gasteiger partial charge on any atom is -0.458 e. The number of nitrogens with two attached hydrogens (primary N) is 1. The Balaban J connectivity index is 2.60. The van der Waals surface area contributed by atoms with Crippen molar-refractivity contribution in [2.24, 2.45) is 5.73 Å². The van der Waals surface area contributed by atoms with E-state index in [2.05, 4.69) is 14.7 Å². The molecule has 82 valence electrons. The zero-order valence-corrected chi connectivity index (χ0v) is 8.08. The van der Waals surface area contributed by atoms with E-state index in [9.17, 15) is 4.79 Å². The lowest BCUT2D eigenvalue weighted by Crippen LogP contribution is -2.18. The minimum absolute atomic E-state index is 0.0911. The molecule has 0 aliphatic heterocycles. The largest absolute Gasteiger partial charge is 0.458 e. The van der Waals surface area contributed by atoms with Crippen LogP contribution in [0.3, 0.4) is 0 Å². The van der Waals surface area contributed by atoms with E-state index in [1.54, 1.807) is 6.92 Å². The van der Waals surface area contributed by atoms with Crippen LogP contribution in [-0.2, 0) is 0 Å². The number of carbonyl (C=O) groups excluding carboxylic acids is 1. The number of aliphatic hydroxyl groups is 1. The molecule has 7 heteroatoms. The normalized spacial score (nSPS) is 11.9. The Bertz CT molecular complexity index is 327. The maximum absolute atomic E-state index is 10.4. The number of rotatable bonds is 4. The molecule has 7 nitrogen and oxygen atoms in total. The highest BCUT2D eigenvalue weighted by Crippen LogP contribution is 2.10. The average molecular weight is 213 g/mol. The number of nitrogens with zero attached hydrogens (tertiary/aromatic N) is 2. The quantitative estimate of drug-likeness (QED) is 0.710. The highest BCUT2D eigenvalue weighted by molar-refractivity contribution is 5.67. The first-order valence-corrected chi connectivity index (χ1v) is 4.18. The SMILES string of the molecule is C[C@H](CO)Oc1ncc(OC(N)=O)cn1. The molecule has 0 saturated carbocycles. The second-order valence-electron chi connectivity index (χ2n) is 2.73. The van der Waals surface area contributed by atoms with Gasteiger partial charge in [0.15, 0.2) is 5.75 Å². The van der Waals surface area contributed by atoms with Gasteiger partial charge in [-0.05, 0) is 6.92 Å². The molecule has 0 bridgehead atoms. The Morgan fingerprint density at radius 2 is 2.20 bits per heavy atom. The molecule has 0 spiro atoms. The van der Waals surface area contributed by atoms with E-state index in [1.807, 2.05) is 0 Å². The van der Waals surface area contributed by atoms with Crippen LogP contribution in [0.15, 0.2) is 12.4 Å². The van der Waals surface area contributed by atoms with Crippen LogP contribution in [0.2, 0.25) is 0 Å². The van der Waals surface area contributed by atoms with Crippen molar-refractivity contribution in [1.29, 1.82) is 0 Å². The van der Waals surface area contributed by atoms with Gasteiger partial charge < -0.3 is 20.3 Å². The van der Waals surface area contributed by atoms with E-state index in [1.165, 1.54) is 12.4 Å². The van der Waals surface area contributed by atoms with Crippen LogP contribution in [0.5, 0.6) is 11.8 Å². The summed E-state index contributed by atoms with van der Waals surface area (Å²) in [6.07, 6.45) is 1.16. The van der Waals surface area contributed by atoms with Gasteiger partial charge in [-0.25, -0.2) is 4.79 Å². The number of ether oxygens (including phenoxy) is 2. The van der Waals surface area contributed by atoms with E-state index in [4.69, 9.17) is 15.6 Å². The minimum atomic E-state index is -0.934. The average Bonchev–Trinajstić information content (AvgIpc) is 2.20. The first-order valence-electron chi connectivity index (χ1n) is 4.18. The molecule has 1 heterocycles. The Kier molecular flexibility index (Phi) is 3.81. The molecule has 15 heavy (non-hydrogen) atoms. The first-order chi connectivity index (χ1) is 7.11. The van der Waals surface area contributed by atoms with Crippen molar-refractivity contribution in [2.75, 3.05) is 6.61 Å². The van der Waals surface area contributed by atoms with E-state index in [-0.39, 0.29) is 18.4 Å². The van der Waals surface area contributed by atoms with Gasteiger partial charge in [-0.3, -0.25) is 0 Å². The van der Waals surface area contributed by atoms with Gasteiger partial charge in [0, 0.05) is 0 Å². The van der Waals surface area contributed by atoms with E-state index in [0.29, 0.717) is 0 Å². The van der Waals surface area contributed by atoms with Gasteiger partial charge in [0.25, 0.3) is 0 Å². The van der Waals surface area contributed by atoms with E-state index >= 15 is 0 Å². The van der Waals surface area contributed by atoms with Crippen LogP contribution in [0.1, 0.15) is 6.92 Å². The zero-order chi connectivity index (χ0) is 11.3. The molecular weight excluding hydrogens is 202 g/mol. The fourth-order valence-electron chi connectivity index (χ4n) is 0.751. The highest BCUT2D eigenvalue weighted by atomic mass is 16.5. The lowest BCUT2D eigenvalue weighted by atomic mass is 10.4. The van der Waals surface area contributed by atoms with Crippen molar-refractivity contribution in [2.45, 2.75) is 13.0 Å². The fraction of sp³-hybridized carbons (Fsp3) is 0.375. The first kappa shape index (κ1) is 11.2. The summed E-state index contributed by atoms with van der Waals surface area (Å²) < 4.78 is 9.59. The summed E-state index contributed by atoms with van der Waals surface area (Å²) in [6.45, 7) is 1.53. The zero-order valence-electron chi connectivity index (χ0n) is 8.08. The standard InChI is InChI=1S/C8H11N3O4/c1-5(4-12)14-8-10-2-6(3-11-8)15-7(9)13/h2-3,5,12H,4H2,1H3,(H2,9,13)/t5-/m1/s1. The molecule has 0 saturated heterocycles. The van der Waals surface area contributed by atoms with Crippen LogP contribution in [-0.4, -0.2) is 33.9 Å². The molecule has 1 aromatic heterocycles. The Labute approximate surface area is 85.9 Å².